The number of halogens is 2. The van der Waals surface area contributed by atoms with Gasteiger partial charge in [-0.25, -0.2) is 9.37 Å². The summed E-state index contributed by atoms with van der Waals surface area (Å²) in [7, 11) is 1.73. The van der Waals surface area contributed by atoms with Crippen molar-refractivity contribution in [3.05, 3.63) is 76.4 Å². The minimum absolute atomic E-state index is 0. The molecule has 0 aliphatic carbocycles. The summed E-state index contributed by atoms with van der Waals surface area (Å²) in [4.78, 5) is 9.70. The Morgan fingerprint density at radius 2 is 2.00 bits per heavy atom. The molecule has 0 bridgehead atoms. The van der Waals surface area contributed by atoms with Crippen LogP contribution in [0.25, 0.3) is 0 Å². The molecule has 1 aromatic carbocycles. The highest BCUT2D eigenvalue weighted by atomic mass is 127. The molecule has 0 saturated carbocycles. The van der Waals surface area contributed by atoms with E-state index in [0.29, 0.717) is 18.2 Å². The van der Waals surface area contributed by atoms with Gasteiger partial charge in [0.05, 0.1) is 6.54 Å². The molecule has 0 unspecified atom stereocenters. The van der Waals surface area contributed by atoms with Gasteiger partial charge < -0.3 is 15.4 Å². The molecular weight excluding hydrogens is 478 g/mol. The first-order valence-electron chi connectivity index (χ1n) is 8.08. The molecule has 0 aliphatic heterocycles. The first kappa shape index (κ1) is 21.1. The lowest BCUT2D eigenvalue weighted by molar-refractivity contribution is 0.457. The molecule has 2 N–H and O–H groups in total. The number of aromatic nitrogens is 1. The molecular formula is C19H20FIN4OS. The lowest BCUT2D eigenvalue weighted by Crippen LogP contribution is -2.36. The zero-order valence-corrected chi connectivity index (χ0v) is 17.8. The van der Waals surface area contributed by atoms with Gasteiger partial charge in [-0.15, -0.1) is 35.3 Å². The van der Waals surface area contributed by atoms with Crippen molar-refractivity contribution in [1.29, 1.82) is 0 Å². The summed E-state index contributed by atoms with van der Waals surface area (Å²) >= 11 is 1.70. The van der Waals surface area contributed by atoms with Crippen LogP contribution in [-0.4, -0.2) is 18.0 Å². The average Bonchev–Trinajstić information content (AvgIpc) is 3.17. The number of benzene rings is 1. The number of rotatable bonds is 6. The maximum atomic E-state index is 13.2. The van der Waals surface area contributed by atoms with Gasteiger partial charge in [-0.05, 0) is 29.1 Å². The Morgan fingerprint density at radius 1 is 1.15 bits per heavy atom. The first-order chi connectivity index (χ1) is 12.7. The molecule has 0 radical (unpaired) electrons. The van der Waals surface area contributed by atoms with Gasteiger partial charge in [0.1, 0.15) is 11.6 Å². The third kappa shape index (κ3) is 6.79. The second-order valence-electron chi connectivity index (χ2n) is 5.42. The van der Waals surface area contributed by atoms with E-state index < -0.39 is 0 Å². The van der Waals surface area contributed by atoms with E-state index in [-0.39, 0.29) is 29.8 Å². The number of ether oxygens (including phenoxy) is 1. The van der Waals surface area contributed by atoms with E-state index in [2.05, 4.69) is 26.7 Å². The maximum absolute atomic E-state index is 13.2. The fourth-order valence-corrected chi connectivity index (χ4v) is 2.86. The van der Waals surface area contributed by atoms with Gasteiger partial charge in [0.2, 0.25) is 5.88 Å². The molecule has 0 atom stereocenters. The van der Waals surface area contributed by atoms with Crippen LogP contribution >= 0.6 is 35.3 Å². The molecule has 2 heterocycles. The standard InChI is InChI=1S/C19H19FN4OS.HI/c1-21-19(24-13-17-6-3-9-26-17)23-12-14-7-8-18(22-11-14)25-16-5-2-4-15(20)10-16;/h2-11H,12-13H2,1H3,(H2,21,23,24);1H. The van der Waals surface area contributed by atoms with E-state index in [1.165, 1.54) is 17.0 Å². The zero-order chi connectivity index (χ0) is 18.2. The number of nitrogens with one attached hydrogen (secondary N) is 2. The molecule has 8 heteroatoms. The summed E-state index contributed by atoms with van der Waals surface area (Å²) in [6, 6.07) is 13.7. The van der Waals surface area contributed by atoms with Crippen molar-refractivity contribution < 1.29 is 9.13 Å². The monoisotopic (exact) mass is 498 g/mol. The van der Waals surface area contributed by atoms with Crippen LogP contribution in [0.3, 0.4) is 0 Å². The normalized spacial score (nSPS) is 10.8. The lowest BCUT2D eigenvalue weighted by Gasteiger charge is -2.11. The number of thiophene rings is 1. The Bertz CT molecular complexity index is 856. The maximum Gasteiger partial charge on any atom is 0.219 e. The largest absolute Gasteiger partial charge is 0.439 e. The Balaban J connectivity index is 0.00000261. The number of guanidine groups is 1. The van der Waals surface area contributed by atoms with Crippen LogP contribution < -0.4 is 15.4 Å². The molecule has 2 aromatic heterocycles. The van der Waals surface area contributed by atoms with Gasteiger partial charge in [0, 0.05) is 36.8 Å². The molecule has 0 aliphatic rings. The average molecular weight is 498 g/mol. The van der Waals surface area contributed by atoms with Crippen molar-refractivity contribution in [2.45, 2.75) is 13.1 Å². The van der Waals surface area contributed by atoms with Crippen molar-refractivity contribution in [2.24, 2.45) is 4.99 Å². The predicted octanol–water partition coefficient (Wildman–Crippen LogP) is 4.56. The highest BCUT2D eigenvalue weighted by molar-refractivity contribution is 14.0. The van der Waals surface area contributed by atoms with Gasteiger partial charge >= 0.3 is 0 Å². The van der Waals surface area contributed by atoms with Crippen molar-refractivity contribution in [3.8, 4) is 11.6 Å². The van der Waals surface area contributed by atoms with Crippen LogP contribution in [0.15, 0.2) is 65.1 Å². The van der Waals surface area contributed by atoms with E-state index in [9.17, 15) is 4.39 Å². The second-order valence-corrected chi connectivity index (χ2v) is 6.46. The Hall–Kier alpha value is -2.20. The van der Waals surface area contributed by atoms with Crippen molar-refractivity contribution in [2.75, 3.05) is 7.05 Å². The van der Waals surface area contributed by atoms with Crippen LogP contribution in [0, 0.1) is 5.82 Å². The molecule has 27 heavy (non-hydrogen) atoms. The quantitative estimate of drug-likeness (QED) is 0.297. The van der Waals surface area contributed by atoms with E-state index in [4.69, 9.17) is 4.74 Å². The van der Waals surface area contributed by atoms with Crippen LogP contribution in [0.4, 0.5) is 4.39 Å². The molecule has 5 nitrogen and oxygen atoms in total. The van der Waals surface area contributed by atoms with Gasteiger partial charge in [-0.3, -0.25) is 4.99 Å². The van der Waals surface area contributed by atoms with Gasteiger partial charge in [-0.2, -0.15) is 0 Å². The van der Waals surface area contributed by atoms with E-state index in [1.807, 2.05) is 17.5 Å². The Labute approximate surface area is 178 Å². The summed E-state index contributed by atoms with van der Waals surface area (Å²) in [6.07, 6.45) is 1.72. The summed E-state index contributed by atoms with van der Waals surface area (Å²) in [6.45, 7) is 1.31. The van der Waals surface area contributed by atoms with Crippen LogP contribution in [0.5, 0.6) is 11.6 Å². The van der Waals surface area contributed by atoms with Gasteiger partial charge in [0.15, 0.2) is 5.96 Å². The topological polar surface area (TPSA) is 58.5 Å². The smallest absolute Gasteiger partial charge is 0.219 e. The number of hydrogen-bond acceptors (Lipinski definition) is 4. The number of hydrogen-bond donors (Lipinski definition) is 2. The summed E-state index contributed by atoms with van der Waals surface area (Å²) in [5.41, 5.74) is 0.982. The first-order valence-corrected chi connectivity index (χ1v) is 8.96. The summed E-state index contributed by atoms with van der Waals surface area (Å²) in [5.74, 6) is 1.21. The van der Waals surface area contributed by atoms with E-state index >= 15 is 0 Å². The van der Waals surface area contributed by atoms with E-state index in [0.717, 1.165) is 18.1 Å². The summed E-state index contributed by atoms with van der Waals surface area (Å²) in [5, 5.41) is 8.55. The molecule has 3 aromatic rings. The number of nitrogens with zero attached hydrogens (tertiary/aromatic N) is 2. The van der Waals surface area contributed by atoms with E-state index in [1.54, 1.807) is 42.8 Å². The second kappa shape index (κ2) is 10.8. The third-order valence-electron chi connectivity index (χ3n) is 3.51. The lowest BCUT2D eigenvalue weighted by atomic mass is 10.3. The minimum atomic E-state index is -0.343. The molecule has 0 amide bonds. The SMILES string of the molecule is CN=C(NCc1ccc(Oc2cccc(F)c2)nc1)NCc1cccs1.I. The third-order valence-corrected chi connectivity index (χ3v) is 4.39. The van der Waals surface area contributed by atoms with Crippen molar-refractivity contribution in [3.63, 3.8) is 0 Å². The molecule has 0 fully saturated rings. The van der Waals surface area contributed by atoms with Gasteiger partial charge in [0.25, 0.3) is 0 Å². The van der Waals surface area contributed by atoms with Crippen LogP contribution in [-0.2, 0) is 13.1 Å². The number of pyridine rings is 1. The van der Waals surface area contributed by atoms with Crippen LogP contribution in [0.1, 0.15) is 10.4 Å². The van der Waals surface area contributed by atoms with Crippen molar-refractivity contribution >= 4 is 41.3 Å². The van der Waals surface area contributed by atoms with Crippen LogP contribution in [0.2, 0.25) is 0 Å². The number of aliphatic imine (C=N–C) groups is 1. The molecule has 0 spiro atoms. The Morgan fingerprint density at radius 3 is 2.67 bits per heavy atom. The van der Waals surface area contributed by atoms with Crippen molar-refractivity contribution in [1.82, 2.24) is 15.6 Å². The fraction of sp³-hybridized carbons (Fsp3) is 0.158. The highest BCUT2D eigenvalue weighted by Crippen LogP contribution is 2.19. The molecule has 142 valence electrons. The highest BCUT2D eigenvalue weighted by Gasteiger charge is 2.03. The summed E-state index contributed by atoms with van der Waals surface area (Å²) < 4.78 is 18.7. The predicted molar refractivity (Wildman–Crippen MR) is 117 cm³/mol. The molecule has 3 rings (SSSR count). The fourth-order valence-electron chi connectivity index (χ4n) is 2.22. The Kier molecular flexibility index (Phi) is 8.46. The zero-order valence-electron chi connectivity index (χ0n) is 14.7. The van der Waals surface area contributed by atoms with Gasteiger partial charge in [-0.1, -0.05) is 18.2 Å². The minimum Gasteiger partial charge on any atom is -0.439 e. The molecule has 0 saturated heterocycles.